The number of rotatable bonds is 6. The van der Waals surface area contributed by atoms with Gasteiger partial charge in [0.1, 0.15) is 11.6 Å². The first-order valence-corrected chi connectivity index (χ1v) is 12.8. The fourth-order valence-electron chi connectivity index (χ4n) is 3.57. The smallest absolute Gasteiger partial charge is 0.194 e. The number of allylic oxidation sites excluding steroid dienone is 8. The van der Waals surface area contributed by atoms with Crippen molar-refractivity contribution in [2.75, 3.05) is 14.2 Å². The van der Waals surface area contributed by atoms with Gasteiger partial charge in [0.2, 0.25) is 0 Å². The highest BCUT2D eigenvalue weighted by Crippen LogP contribution is 2.44. The van der Waals surface area contributed by atoms with Gasteiger partial charge in [-0.2, -0.15) is 0 Å². The van der Waals surface area contributed by atoms with Gasteiger partial charge in [0.05, 0.1) is 25.3 Å². The lowest BCUT2D eigenvalue weighted by molar-refractivity contribution is 0.102. The first kappa shape index (κ1) is 29.1. The van der Waals surface area contributed by atoms with Crippen molar-refractivity contribution in [3.8, 4) is 11.5 Å². The predicted molar refractivity (Wildman–Crippen MR) is 142 cm³/mol. The quantitative estimate of drug-likeness (QED) is 0.224. The molecule has 0 unspecified atom stereocenters. The lowest BCUT2D eigenvalue weighted by atomic mass is 10.0. The molecule has 194 valence electrons. The molecular weight excluding hydrogens is 692 g/mol. The number of hydrogen-bond donors (Lipinski definition) is 0. The molecule has 0 amide bonds. The zero-order valence-corrected chi connectivity index (χ0v) is 24.0. The number of hydrogen-bond acceptors (Lipinski definition) is 4. The Kier molecular flexibility index (Phi) is 9.71. The van der Waals surface area contributed by atoms with E-state index in [1.54, 1.807) is 18.2 Å². The summed E-state index contributed by atoms with van der Waals surface area (Å²) in [6.45, 7) is 0. The van der Waals surface area contributed by atoms with Crippen LogP contribution < -0.4 is 9.47 Å². The number of Topliss-reactive ketones (excluding diaryl/α,β-unsaturated/α-hetero) is 2. The molecule has 0 spiro atoms. The van der Waals surface area contributed by atoms with E-state index >= 15 is 0 Å². The zero-order valence-electron chi connectivity index (χ0n) is 19.2. The summed E-state index contributed by atoms with van der Waals surface area (Å²) in [7, 11) is 2.48. The van der Waals surface area contributed by atoms with Gasteiger partial charge in [-0.1, -0.05) is 34.2 Å². The molecule has 0 bridgehead atoms. The Hall–Kier alpha value is -2.50. The summed E-state index contributed by atoms with van der Waals surface area (Å²) in [5.74, 6) is -4.78. The van der Waals surface area contributed by atoms with Crippen molar-refractivity contribution < 1.29 is 36.6 Å². The third-order valence-corrected chi connectivity index (χ3v) is 8.77. The van der Waals surface area contributed by atoms with Crippen molar-refractivity contribution in [1.29, 1.82) is 0 Å². The molecule has 0 aromatic heterocycles. The zero-order chi connectivity index (χ0) is 27.4. The van der Waals surface area contributed by atoms with Crippen LogP contribution in [-0.4, -0.2) is 25.8 Å². The van der Waals surface area contributed by atoms with Crippen LogP contribution in [0.25, 0.3) is 0 Å². The summed E-state index contributed by atoms with van der Waals surface area (Å²) in [6.07, 6.45) is 5.97. The molecule has 37 heavy (non-hydrogen) atoms. The van der Waals surface area contributed by atoms with Crippen LogP contribution in [0.2, 0.25) is 0 Å². The second-order valence-corrected chi connectivity index (χ2v) is 10.2. The number of benzene rings is 2. The minimum absolute atomic E-state index is 0.0834. The molecule has 11 heteroatoms. The second-order valence-electron chi connectivity index (χ2n) is 7.61. The Labute approximate surface area is 235 Å². The summed E-state index contributed by atoms with van der Waals surface area (Å²) in [5.41, 5.74) is 0.666. The van der Waals surface area contributed by atoms with Gasteiger partial charge in [0.15, 0.2) is 34.7 Å². The van der Waals surface area contributed by atoms with E-state index in [2.05, 4.69) is 47.8 Å². The number of carbonyl (C=O) groups excluding carboxylic acids is 2. The standard InChI is InChI=1S/C13H7Br3F2O2.C13H10F2O2/c1-20-13-7(2-5(17)3-9(13)18)12(19)6-4-8(14)11(16)10(6)15;1-17-13-10(6-9(14)7-11(13)15)12(16)8-4-2-3-5-8/h2-3H,4H2,1H3;2-4,6-7H,5H2,1H3. The largest absolute Gasteiger partial charge is 0.493 e. The van der Waals surface area contributed by atoms with Crippen LogP contribution in [-0.2, 0) is 0 Å². The first-order valence-electron chi connectivity index (χ1n) is 10.4. The van der Waals surface area contributed by atoms with Crippen LogP contribution in [0.3, 0.4) is 0 Å². The van der Waals surface area contributed by atoms with Gasteiger partial charge in [0, 0.05) is 43.1 Å². The molecule has 0 saturated carbocycles. The van der Waals surface area contributed by atoms with Crippen LogP contribution in [0.5, 0.6) is 11.5 Å². The minimum Gasteiger partial charge on any atom is -0.493 e. The van der Waals surface area contributed by atoms with E-state index in [1.807, 2.05) is 0 Å². The van der Waals surface area contributed by atoms with Gasteiger partial charge >= 0.3 is 0 Å². The first-order chi connectivity index (χ1) is 17.5. The van der Waals surface area contributed by atoms with Gasteiger partial charge in [0.25, 0.3) is 0 Å². The highest BCUT2D eigenvalue weighted by Gasteiger charge is 2.29. The summed E-state index contributed by atoms with van der Waals surface area (Å²) in [5, 5.41) is 0. The number of halogens is 7. The molecule has 0 aliphatic heterocycles. The molecule has 0 heterocycles. The van der Waals surface area contributed by atoms with E-state index in [9.17, 15) is 27.2 Å². The van der Waals surface area contributed by atoms with Crippen LogP contribution >= 0.6 is 47.8 Å². The Balaban J connectivity index is 0.000000208. The van der Waals surface area contributed by atoms with Crippen molar-refractivity contribution >= 4 is 59.4 Å². The Morgan fingerprint density at radius 3 is 1.70 bits per heavy atom. The third kappa shape index (κ3) is 6.32. The molecule has 2 aliphatic carbocycles. The molecule has 0 fully saturated rings. The third-order valence-electron chi connectivity index (χ3n) is 5.28. The monoisotopic (exact) mass is 706 g/mol. The van der Waals surface area contributed by atoms with E-state index < -0.39 is 34.8 Å². The highest BCUT2D eigenvalue weighted by atomic mass is 79.9. The molecule has 4 rings (SSSR count). The predicted octanol–water partition coefficient (Wildman–Crippen LogP) is 8.25. The fraction of sp³-hybridized carbons (Fsp3) is 0.154. The molecule has 2 aromatic rings. The Bertz CT molecular complexity index is 1410. The van der Waals surface area contributed by atoms with E-state index in [0.717, 1.165) is 16.6 Å². The Morgan fingerprint density at radius 1 is 0.784 bits per heavy atom. The number of ketones is 2. The van der Waals surface area contributed by atoms with Crippen molar-refractivity contribution in [3.63, 3.8) is 0 Å². The Morgan fingerprint density at radius 2 is 1.30 bits per heavy atom. The number of carbonyl (C=O) groups is 2. The fourth-order valence-corrected chi connectivity index (χ4v) is 5.25. The maximum atomic E-state index is 13.6. The molecular formula is C26H17Br3F4O4. The normalized spacial score (nSPS) is 14.5. The van der Waals surface area contributed by atoms with Gasteiger partial charge in [-0.05, 0) is 50.4 Å². The SMILES string of the molecule is COc1c(F)cc(F)cc1C(=O)C1=C(Br)C(Br)=C(Br)C1.COc1c(F)cc(F)cc1C(=O)C1=CC=CC1. The van der Waals surface area contributed by atoms with E-state index in [-0.39, 0.29) is 22.6 Å². The topological polar surface area (TPSA) is 52.6 Å². The van der Waals surface area contributed by atoms with Crippen LogP contribution in [0, 0.1) is 23.3 Å². The maximum absolute atomic E-state index is 13.6. The average molecular weight is 709 g/mol. The summed E-state index contributed by atoms with van der Waals surface area (Å²) in [4.78, 5) is 24.5. The lowest BCUT2D eigenvalue weighted by Crippen LogP contribution is -2.07. The van der Waals surface area contributed by atoms with Crippen molar-refractivity contribution in [2.45, 2.75) is 12.8 Å². The maximum Gasteiger partial charge on any atom is 0.194 e. The van der Waals surface area contributed by atoms with Gasteiger partial charge in [-0.15, -0.1) is 0 Å². The summed E-state index contributed by atoms with van der Waals surface area (Å²) >= 11 is 9.92. The van der Waals surface area contributed by atoms with Crippen molar-refractivity contribution in [3.05, 3.63) is 101 Å². The molecule has 0 saturated heterocycles. The van der Waals surface area contributed by atoms with Crippen LogP contribution in [0.15, 0.2) is 67.1 Å². The molecule has 0 radical (unpaired) electrons. The van der Waals surface area contributed by atoms with Crippen LogP contribution in [0.1, 0.15) is 33.6 Å². The molecule has 0 N–H and O–H groups in total. The van der Waals surface area contributed by atoms with Gasteiger partial charge in [-0.25, -0.2) is 17.6 Å². The minimum atomic E-state index is -0.906. The lowest BCUT2D eigenvalue weighted by Gasteiger charge is -2.10. The molecule has 2 aliphatic rings. The van der Waals surface area contributed by atoms with Crippen molar-refractivity contribution in [2.24, 2.45) is 0 Å². The van der Waals surface area contributed by atoms with E-state index in [1.165, 1.54) is 14.2 Å². The molecule has 0 atom stereocenters. The summed E-state index contributed by atoms with van der Waals surface area (Å²) in [6, 6.07) is 3.33. The van der Waals surface area contributed by atoms with Gasteiger partial charge in [-0.3, -0.25) is 9.59 Å². The second kappa shape index (κ2) is 12.4. The van der Waals surface area contributed by atoms with E-state index in [0.29, 0.717) is 45.1 Å². The average Bonchev–Trinajstić information content (AvgIpc) is 3.48. The highest BCUT2D eigenvalue weighted by molar-refractivity contribution is 9.16. The van der Waals surface area contributed by atoms with Gasteiger partial charge < -0.3 is 9.47 Å². The molecule has 2 aromatic carbocycles. The van der Waals surface area contributed by atoms with Crippen LogP contribution in [0.4, 0.5) is 17.6 Å². The van der Waals surface area contributed by atoms with E-state index in [4.69, 9.17) is 9.47 Å². The summed E-state index contributed by atoms with van der Waals surface area (Å²) < 4.78 is 65.2. The number of methoxy groups -OCH3 is 2. The van der Waals surface area contributed by atoms with Crippen molar-refractivity contribution in [1.82, 2.24) is 0 Å². The molecule has 4 nitrogen and oxygen atoms in total. The number of ether oxygens (including phenoxy) is 2.